The Labute approximate surface area is 116 Å². The van der Waals surface area contributed by atoms with Gasteiger partial charge in [-0.05, 0) is 43.0 Å². The van der Waals surface area contributed by atoms with Crippen molar-refractivity contribution >= 4 is 11.9 Å². The molecule has 2 N–H and O–H groups in total. The normalized spacial score (nSPS) is 15.2. The number of hydrogen-bond donors (Lipinski definition) is 2. The summed E-state index contributed by atoms with van der Waals surface area (Å²) < 4.78 is 10.3. The summed E-state index contributed by atoms with van der Waals surface area (Å²) in [6.45, 7) is -0.206. The quantitative estimate of drug-likeness (QED) is 0.779. The van der Waals surface area contributed by atoms with E-state index in [0.29, 0.717) is 11.5 Å². The molecular formula is C14H17NO5. The van der Waals surface area contributed by atoms with Gasteiger partial charge in [-0.25, -0.2) is 4.79 Å². The highest BCUT2D eigenvalue weighted by atomic mass is 16.5. The van der Waals surface area contributed by atoms with Gasteiger partial charge in [0.1, 0.15) is 17.5 Å². The van der Waals surface area contributed by atoms with Crippen molar-refractivity contribution in [2.45, 2.75) is 18.9 Å². The van der Waals surface area contributed by atoms with Crippen LogP contribution in [0.3, 0.4) is 0 Å². The van der Waals surface area contributed by atoms with Gasteiger partial charge in [0.15, 0.2) is 6.61 Å². The number of methoxy groups -OCH3 is 1. The molecule has 20 heavy (non-hydrogen) atoms. The van der Waals surface area contributed by atoms with Crippen molar-refractivity contribution in [3.05, 3.63) is 24.3 Å². The minimum atomic E-state index is -0.995. The third kappa shape index (κ3) is 3.88. The number of ether oxygens (including phenoxy) is 2. The van der Waals surface area contributed by atoms with Crippen LogP contribution in [0.4, 0.5) is 0 Å². The van der Waals surface area contributed by atoms with E-state index < -0.39 is 17.9 Å². The van der Waals surface area contributed by atoms with Crippen LogP contribution in [-0.2, 0) is 9.59 Å². The van der Waals surface area contributed by atoms with Gasteiger partial charge in [0.25, 0.3) is 5.91 Å². The maximum atomic E-state index is 11.7. The van der Waals surface area contributed by atoms with Gasteiger partial charge < -0.3 is 19.9 Å². The van der Waals surface area contributed by atoms with Crippen molar-refractivity contribution in [2.75, 3.05) is 13.7 Å². The van der Waals surface area contributed by atoms with Gasteiger partial charge in [-0.15, -0.1) is 0 Å². The number of nitrogens with one attached hydrogen (secondary N) is 1. The standard InChI is InChI=1S/C14H17NO5/c1-19-10-4-6-11(7-5-10)20-8-12(16)15-13(14(17)18)9-2-3-9/h4-7,9,13H,2-3,8H2,1H3,(H,15,16)(H,17,18). The van der Waals surface area contributed by atoms with E-state index in [1.54, 1.807) is 31.4 Å². The molecule has 1 unspecified atom stereocenters. The molecule has 1 aliphatic rings. The molecule has 0 spiro atoms. The minimum Gasteiger partial charge on any atom is -0.497 e. The van der Waals surface area contributed by atoms with E-state index in [0.717, 1.165) is 12.8 Å². The van der Waals surface area contributed by atoms with Gasteiger partial charge in [0, 0.05) is 0 Å². The first-order valence-corrected chi connectivity index (χ1v) is 6.39. The Balaban J connectivity index is 1.80. The van der Waals surface area contributed by atoms with Gasteiger partial charge in [0.2, 0.25) is 0 Å². The molecule has 1 atom stereocenters. The lowest BCUT2D eigenvalue weighted by molar-refractivity contribution is -0.142. The van der Waals surface area contributed by atoms with Crippen LogP contribution >= 0.6 is 0 Å². The second-order valence-corrected chi connectivity index (χ2v) is 4.69. The molecule has 1 saturated carbocycles. The Morgan fingerprint density at radius 1 is 1.30 bits per heavy atom. The van der Waals surface area contributed by atoms with E-state index in [-0.39, 0.29) is 12.5 Å². The number of benzene rings is 1. The molecule has 0 aromatic heterocycles. The molecule has 1 aliphatic carbocycles. The zero-order valence-electron chi connectivity index (χ0n) is 11.2. The highest BCUT2D eigenvalue weighted by molar-refractivity contribution is 5.84. The maximum absolute atomic E-state index is 11.7. The fourth-order valence-corrected chi connectivity index (χ4v) is 1.85. The van der Waals surface area contributed by atoms with Crippen molar-refractivity contribution in [1.82, 2.24) is 5.32 Å². The van der Waals surface area contributed by atoms with E-state index in [1.165, 1.54) is 0 Å². The fraction of sp³-hybridized carbons (Fsp3) is 0.429. The van der Waals surface area contributed by atoms with Crippen LogP contribution in [0.15, 0.2) is 24.3 Å². The fourth-order valence-electron chi connectivity index (χ4n) is 1.85. The zero-order chi connectivity index (χ0) is 14.5. The molecule has 0 bridgehead atoms. The van der Waals surface area contributed by atoms with Crippen molar-refractivity contribution < 1.29 is 24.2 Å². The Morgan fingerprint density at radius 2 is 1.90 bits per heavy atom. The number of carboxylic acid groups (broad SMARTS) is 1. The Bertz CT molecular complexity index is 481. The number of aliphatic carboxylic acids is 1. The van der Waals surface area contributed by atoms with E-state index in [9.17, 15) is 9.59 Å². The van der Waals surface area contributed by atoms with E-state index in [4.69, 9.17) is 14.6 Å². The third-order valence-electron chi connectivity index (χ3n) is 3.11. The summed E-state index contributed by atoms with van der Waals surface area (Å²) in [6, 6.07) is 6.00. The second-order valence-electron chi connectivity index (χ2n) is 4.69. The molecule has 0 saturated heterocycles. The predicted octanol–water partition coefficient (Wildman–Crippen LogP) is 1.05. The summed E-state index contributed by atoms with van der Waals surface area (Å²) in [5.74, 6) is -0.149. The molecule has 2 rings (SSSR count). The monoisotopic (exact) mass is 279 g/mol. The lowest BCUT2D eigenvalue weighted by Gasteiger charge is -2.14. The van der Waals surface area contributed by atoms with Gasteiger partial charge in [0.05, 0.1) is 7.11 Å². The van der Waals surface area contributed by atoms with E-state index in [2.05, 4.69) is 5.32 Å². The highest BCUT2D eigenvalue weighted by Gasteiger charge is 2.37. The summed E-state index contributed by atoms with van der Waals surface area (Å²) >= 11 is 0. The van der Waals surface area contributed by atoms with Crippen LogP contribution in [0.5, 0.6) is 11.5 Å². The molecular weight excluding hydrogens is 262 g/mol. The summed E-state index contributed by atoms with van der Waals surface area (Å²) in [4.78, 5) is 22.7. The van der Waals surface area contributed by atoms with Gasteiger partial charge >= 0.3 is 5.97 Å². The summed E-state index contributed by atoms with van der Waals surface area (Å²) in [5, 5.41) is 11.5. The minimum absolute atomic E-state index is 0.0532. The Hall–Kier alpha value is -2.24. The number of rotatable bonds is 7. The molecule has 1 aromatic carbocycles. The SMILES string of the molecule is COc1ccc(OCC(=O)NC(C(=O)O)C2CC2)cc1. The highest BCUT2D eigenvalue weighted by Crippen LogP contribution is 2.32. The third-order valence-corrected chi connectivity index (χ3v) is 3.11. The first kappa shape index (κ1) is 14.2. The molecule has 6 nitrogen and oxygen atoms in total. The number of hydrogen-bond acceptors (Lipinski definition) is 4. The second kappa shape index (κ2) is 6.27. The topological polar surface area (TPSA) is 84.9 Å². The summed E-state index contributed by atoms with van der Waals surface area (Å²) in [7, 11) is 1.56. The first-order chi connectivity index (χ1) is 9.60. The zero-order valence-corrected chi connectivity index (χ0v) is 11.2. The lowest BCUT2D eigenvalue weighted by Crippen LogP contribution is -2.44. The van der Waals surface area contributed by atoms with E-state index >= 15 is 0 Å². The molecule has 1 amide bonds. The van der Waals surface area contributed by atoms with Gasteiger partial charge in [-0.2, -0.15) is 0 Å². The van der Waals surface area contributed by atoms with Crippen molar-refractivity contribution in [1.29, 1.82) is 0 Å². The van der Waals surface area contributed by atoms with Crippen molar-refractivity contribution in [2.24, 2.45) is 5.92 Å². The number of carbonyl (C=O) groups is 2. The largest absolute Gasteiger partial charge is 0.497 e. The molecule has 1 fully saturated rings. The van der Waals surface area contributed by atoms with Crippen molar-refractivity contribution in [3.8, 4) is 11.5 Å². The summed E-state index contributed by atoms with van der Waals surface area (Å²) in [5.41, 5.74) is 0. The molecule has 6 heteroatoms. The molecule has 0 aliphatic heterocycles. The number of carbonyl (C=O) groups excluding carboxylic acids is 1. The lowest BCUT2D eigenvalue weighted by atomic mass is 10.2. The Morgan fingerprint density at radius 3 is 2.40 bits per heavy atom. The van der Waals surface area contributed by atoms with Crippen LogP contribution in [0.25, 0.3) is 0 Å². The van der Waals surface area contributed by atoms with Gasteiger partial charge in [-0.3, -0.25) is 4.79 Å². The van der Waals surface area contributed by atoms with Gasteiger partial charge in [-0.1, -0.05) is 0 Å². The number of amides is 1. The summed E-state index contributed by atoms with van der Waals surface area (Å²) in [6.07, 6.45) is 1.69. The molecule has 108 valence electrons. The van der Waals surface area contributed by atoms with Crippen LogP contribution in [0.1, 0.15) is 12.8 Å². The molecule has 1 aromatic rings. The van der Waals surface area contributed by atoms with Crippen LogP contribution in [0.2, 0.25) is 0 Å². The van der Waals surface area contributed by atoms with Crippen molar-refractivity contribution in [3.63, 3.8) is 0 Å². The van der Waals surface area contributed by atoms with Crippen LogP contribution < -0.4 is 14.8 Å². The Kier molecular flexibility index (Phi) is 4.45. The number of carboxylic acids is 1. The molecule has 0 radical (unpaired) electrons. The van der Waals surface area contributed by atoms with Crippen LogP contribution in [0, 0.1) is 5.92 Å². The average Bonchev–Trinajstić information content (AvgIpc) is 3.27. The van der Waals surface area contributed by atoms with E-state index in [1.807, 2.05) is 0 Å². The predicted molar refractivity (Wildman–Crippen MR) is 70.8 cm³/mol. The molecule has 0 heterocycles. The maximum Gasteiger partial charge on any atom is 0.326 e. The average molecular weight is 279 g/mol. The smallest absolute Gasteiger partial charge is 0.326 e. The first-order valence-electron chi connectivity index (χ1n) is 6.39. The van der Waals surface area contributed by atoms with Crippen LogP contribution in [-0.4, -0.2) is 36.7 Å².